The monoisotopic (exact) mass is 411 g/mol. The van der Waals surface area contributed by atoms with E-state index in [1.54, 1.807) is 12.3 Å². The number of carbonyl (C=O) groups is 1. The van der Waals surface area contributed by atoms with Gasteiger partial charge in [0.25, 0.3) is 0 Å². The lowest BCUT2D eigenvalue weighted by atomic mass is 9.90. The van der Waals surface area contributed by atoms with E-state index in [1.165, 1.54) is 16.9 Å². The van der Waals surface area contributed by atoms with E-state index >= 15 is 0 Å². The molecular formula is C22H22ClN3OS. The number of aromatic amines is 1. The summed E-state index contributed by atoms with van der Waals surface area (Å²) in [6.45, 7) is 1.64. The first-order valence-electron chi connectivity index (χ1n) is 9.49. The predicted molar refractivity (Wildman–Crippen MR) is 115 cm³/mol. The molecule has 4 nitrogen and oxygen atoms in total. The summed E-state index contributed by atoms with van der Waals surface area (Å²) in [6.07, 6.45) is 8.43. The Balaban J connectivity index is 1.33. The normalized spacial score (nSPS) is 15.4. The maximum absolute atomic E-state index is 12.6. The van der Waals surface area contributed by atoms with Crippen LogP contribution in [0.5, 0.6) is 0 Å². The molecule has 4 rings (SSSR count). The quantitative estimate of drug-likeness (QED) is 0.580. The van der Waals surface area contributed by atoms with E-state index in [9.17, 15) is 4.79 Å². The predicted octanol–water partition coefficient (Wildman–Crippen LogP) is 5.29. The van der Waals surface area contributed by atoms with E-state index in [-0.39, 0.29) is 5.91 Å². The van der Waals surface area contributed by atoms with E-state index in [0.717, 1.165) is 52.8 Å². The average Bonchev–Trinajstić information content (AvgIpc) is 3.36. The second kappa shape index (κ2) is 8.76. The highest BCUT2D eigenvalue weighted by atomic mass is 35.5. The lowest BCUT2D eigenvalue weighted by molar-refractivity contribution is -0.127. The fourth-order valence-corrected chi connectivity index (χ4v) is 4.70. The van der Waals surface area contributed by atoms with Crippen LogP contribution in [0.4, 0.5) is 0 Å². The SMILES string of the molecule is O=C(/C=C/c1cn[nH]c1-c1ccc(Cl)s1)N1CCC(Cc2ccccc2)CC1. The van der Waals surface area contributed by atoms with Crippen molar-refractivity contribution in [3.8, 4) is 10.6 Å². The van der Waals surface area contributed by atoms with E-state index in [2.05, 4.69) is 40.5 Å². The minimum Gasteiger partial charge on any atom is -0.339 e. The molecule has 0 spiro atoms. The lowest BCUT2D eigenvalue weighted by Crippen LogP contribution is -2.37. The minimum absolute atomic E-state index is 0.0644. The zero-order valence-corrected chi connectivity index (χ0v) is 17.0. The second-order valence-electron chi connectivity index (χ2n) is 7.10. The zero-order chi connectivity index (χ0) is 19.3. The average molecular weight is 412 g/mol. The van der Waals surface area contributed by atoms with Crippen LogP contribution in [-0.4, -0.2) is 34.1 Å². The third-order valence-electron chi connectivity index (χ3n) is 5.19. The summed E-state index contributed by atoms with van der Waals surface area (Å²) in [6, 6.07) is 14.4. The fourth-order valence-electron chi connectivity index (χ4n) is 3.64. The number of benzene rings is 1. The highest BCUT2D eigenvalue weighted by molar-refractivity contribution is 7.19. The molecule has 3 aromatic rings. The topological polar surface area (TPSA) is 49.0 Å². The number of aromatic nitrogens is 2. The third kappa shape index (κ3) is 4.54. The van der Waals surface area contributed by atoms with Gasteiger partial charge in [-0.25, -0.2) is 0 Å². The van der Waals surface area contributed by atoms with Gasteiger partial charge in [-0.2, -0.15) is 5.10 Å². The van der Waals surface area contributed by atoms with Gasteiger partial charge in [0, 0.05) is 24.7 Å². The van der Waals surface area contributed by atoms with Gasteiger partial charge in [-0.05, 0) is 49.0 Å². The van der Waals surface area contributed by atoms with E-state index in [4.69, 9.17) is 11.6 Å². The Bertz CT molecular complexity index is 955. The number of rotatable bonds is 5. The van der Waals surface area contributed by atoms with Crippen LogP contribution in [0.1, 0.15) is 24.0 Å². The van der Waals surface area contributed by atoms with Gasteiger partial charge in [0.1, 0.15) is 0 Å². The van der Waals surface area contributed by atoms with Crippen molar-refractivity contribution in [2.45, 2.75) is 19.3 Å². The van der Waals surface area contributed by atoms with Crippen LogP contribution in [0, 0.1) is 5.92 Å². The Labute approximate surface area is 173 Å². The van der Waals surface area contributed by atoms with Crippen molar-refractivity contribution in [1.29, 1.82) is 0 Å². The molecule has 3 heterocycles. The summed E-state index contributed by atoms with van der Waals surface area (Å²) in [4.78, 5) is 15.6. The molecule has 0 radical (unpaired) electrons. The standard InChI is InChI=1S/C22H22ClN3OS/c23-20-8-7-19(28-20)22-18(15-24-25-22)6-9-21(27)26-12-10-17(11-13-26)14-16-4-2-1-3-5-16/h1-9,15,17H,10-14H2,(H,24,25)/b9-6+. The molecule has 2 aromatic heterocycles. The zero-order valence-electron chi connectivity index (χ0n) is 15.5. The number of nitrogens with one attached hydrogen (secondary N) is 1. The Kier molecular flexibility index (Phi) is 5.93. The molecule has 0 bridgehead atoms. The molecule has 6 heteroatoms. The summed E-state index contributed by atoms with van der Waals surface area (Å²) in [5, 5.41) is 7.10. The number of likely N-dealkylation sites (tertiary alicyclic amines) is 1. The molecule has 1 saturated heterocycles. The second-order valence-corrected chi connectivity index (χ2v) is 8.81. The van der Waals surface area contributed by atoms with E-state index in [0.29, 0.717) is 5.92 Å². The smallest absolute Gasteiger partial charge is 0.246 e. The lowest BCUT2D eigenvalue weighted by Gasteiger charge is -2.31. The van der Waals surface area contributed by atoms with Gasteiger partial charge in [-0.3, -0.25) is 9.89 Å². The Hall–Kier alpha value is -2.37. The number of hydrogen-bond acceptors (Lipinski definition) is 3. The molecule has 0 aliphatic carbocycles. The molecule has 28 heavy (non-hydrogen) atoms. The Morgan fingerprint density at radius 2 is 2.00 bits per heavy atom. The molecule has 1 fully saturated rings. The summed E-state index contributed by atoms with van der Waals surface area (Å²) >= 11 is 7.51. The van der Waals surface area contributed by atoms with Crippen molar-refractivity contribution in [3.05, 3.63) is 70.2 Å². The van der Waals surface area contributed by atoms with Crippen molar-refractivity contribution in [1.82, 2.24) is 15.1 Å². The molecule has 0 unspecified atom stereocenters. The van der Waals surface area contributed by atoms with Crippen molar-refractivity contribution in [3.63, 3.8) is 0 Å². The number of thiophene rings is 1. The van der Waals surface area contributed by atoms with Gasteiger partial charge in [0.2, 0.25) is 5.91 Å². The minimum atomic E-state index is 0.0644. The van der Waals surface area contributed by atoms with Crippen LogP contribution in [0.25, 0.3) is 16.6 Å². The van der Waals surface area contributed by atoms with Gasteiger partial charge in [-0.1, -0.05) is 41.9 Å². The van der Waals surface area contributed by atoms with Crippen LogP contribution in [0.3, 0.4) is 0 Å². The first-order valence-corrected chi connectivity index (χ1v) is 10.7. The molecule has 1 N–H and O–H groups in total. The summed E-state index contributed by atoms with van der Waals surface area (Å²) < 4.78 is 0.731. The molecule has 1 amide bonds. The van der Waals surface area contributed by atoms with Crippen LogP contribution in [-0.2, 0) is 11.2 Å². The van der Waals surface area contributed by atoms with Crippen molar-refractivity contribution in [2.24, 2.45) is 5.92 Å². The Morgan fingerprint density at radius 3 is 2.71 bits per heavy atom. The van der Waals surface area contributed by atoms with Crippen molar-refractivity contribution < 1.29 is 4.79 Å². The summed E-state index contributed by atoms with van der Waals surface area (Å²) in [5.74, 6) is 0.717. The molecule has 1 aliphatic heterocycles. The van der Waals surface area contributed by atoms with E-state index < -0.39 is 0 Å². The van der Waals surface area contributed by atoms with Gasteiger partial charge in [0.05, 0.1) is 21.1 Å². The van der Waals surface area contributed by atoms with Crippen LogP contribution in [0.15, 0.2) is 54.7 Å². The van der Waals surface area contributed by atoms with Crippen LogP contribution < -0.4 is 0 Å². The maximum atomic E-state index is 12.6. The first-order chi connectivity index (χ1) is 13.7. The van der Waals surface area contributed by atoms with Crippen molar-refractivity contribution >= 4 is 34.9 Å². The molecule has 0 atom stereocenters. The van der Waals surface area contributed by atoms with Gasteiger partial charge >= 0.3 is 0 Å². The molecule has 1 aromatic carbocycles. The largest absolute Gasteiger partial charge is 0.339 e. The van der Waals surface area contributed by atoms with Gasteiger partial charge < -0.3 is 4.90 Å². The maximum Gasteiger partial charge on any atom is 0.246 e. The highest BCUT2D eigenvalue weighted by Gasteiger charge is 2.21. The molecule has 0 saturated carbocycles. The van der Waals surface area contributed by atoms with Crippen LogP contribution in [0.2, 0.25) is 4.34 Å². The number of H-pyrrole nitrogens is 1. The summed E-state index contributed by atoms with van der Waals surface area (Å²) in [5.41, 5.74) is 3.17. The first kappa shape index (κ1) is 19.0. The Morgan fingerprint density at radius 1 is 1.21 bits per heavy atom. The van der Waals surface area contributed by atoms with Crippen LogP contribution >= 0.6 is 22.9 Å². The van der Waals surface area contributed by atoms with E-state index in [1.807, 2.05) is 23.1 Å². The number of piperidine rings is 1. The fraction of sp³-hybridized carbons (Fsp3) is 0.273. The highest BCUT2D eigenvalue weighted by Crippen LogP contribution is 2.32. The number of carbonyl (C=O) groups excluding carboxylic acids is 1. The molecule has 144 valence electrons. The molecule has 1 aliphatic rings. The molecular weight excluding hydrogens is 390 g/mol. The number of hydrogen-bond donors (Lipinski definition) is 1. The van der Waals surface area contributed by atoms with Gasteiger partial charge in [0.15, 0.2) is 0 Å². The number of nitrogens with zero attached hydrogens (tertiary/aromatic N) is 2. The number of amides is 1. The number of halogens is 1. The third-order valence-corrected chi connectivity index (χ3v) is 6.44. The van der Waals surface area contributed by atoms with Crippen molar-refractivity contribution in [2.75, 3.05) is 13.1 Å². The summed E-state index contributed by atoms with van der Waals surface area (Å²) in [7, 11) is 0. The van der Waals surface area contributed by atoms with Gasteiger partial charge in [-0.15, -0.1) is 11.3 Å².